The smallest absolute Gasteiger partial charge is 0.129 e. The van der Waals surface area contributed by atoms with E-state index in [-0.39, 0.29) is 5.41 Å². The van der Waals surface area contributed by atoms with Gasteiger partial charge in [0.1, 0.15) is 12.1 Å². The molecule has 18 heavy (non-hydrogen) atoms. The topological polar surface area (TPSA) is 63.8 Å². The lowest BCUT2D eigenvalue weighted by Gasteiger charge is -2.27. The van der Waals surface area contributed by atoms with Crippen LogP contribution in [0.3, 0.4) is 0 Å². The Kier molecular flexibility index (Phi) is 3.85. The van der Waals surface area contributed by atoms with Gasteiger partial charge >= 0.3 is 0 Å². The average molecular weight is 248 g/mol. The minimum atomic E-state index is 0.0638. The number of nitrogens with one attached hydrogen (secondary N) is 1. The molecule has 0 saturated heterocycles. The van der Waals surface area contributed by atoms with Crippen molar-refractivity contribution < 1.29 is 0 Å². The third-order valence-corrected chi connectivity index (χ3v) is 3.56. The largest absolute Gasteiger partial charge is 0.367 e. The van der Waals surface area contributed by atoms with Crippen LogP contribution in [0.2, 0.25) is 0 Å². The molecule has 0 unspecified atom stereocenters. The van der Waals surface area contributed by atoms with Gasteiger partial charge in [0.2, 0.25) is 0 Å². The third-order valence-electron chi connectivity index (χ3n) is 3.56. The molecule has 4 nitrogen and oxygen atoms in total. The second kappa shape index (κ2) is 5.22. The summed E-state index contributed by atoms with van der Waals surface area (Å²) in [6.45, 7) is 6.50. The first-order valence-corrected chi connectivity index (χ1v) is 6.80. The lowest BCUT2D eigenvalue weighted by atomic mass is 9.91. The van der Waals surface area contributed by atoms with Crippen LogP contribution < -0.4 is 11.1 Å². The van der Waals surface area contributed by atoms with Gasteiger partial charge in [0.25, 0.3) is 0 Å². The van der Waals surface area contributed by atoms with Crippen molar-refractivity contribution in [2.24, 2.45) is 5.73 Å². The second-order valence-corrected chi connectivity index (χ2v) is 6.29. The fourth-order valence-electron chi connectivity index (χ4n) is 2.32. The van der Waals surface area contributed by atoms with E-state index in [9.17, 15) is 0 Å². The Balaban J connectivity index is 2.01. The molecule has 0 amide bonds. The van der Waals surface area contributed by atoms with Crippen LogP contribution in [0.1, 0.15) is 52.1 Å². The summed E-state index contributed by atoms with van der Waals surface area (Å²) in [6, 6.07) is 2.96. The van der Waals surface area contributed by atoms with E-state index >= 15 is 0 Å². The molecule has 2 rings (SSSR count). The predicted octanol–water partition coefficient (Wildman–Crippen LogP) is 2.46. The first kappa shape index (κ1) is 13.3. The number of nitrogens with zero attached hydrogens (tertiary/aromatic N) is 2. The van der Waals surface area contributed by atoms with Gasteiger partial charge in [-0.25, -0.2) is 9.97 Å². The molecular formula is C14H24N4. The molecule has 0 radical (unpaired) electrons. The summed E-state index contributed by atoms with van der Waals surface area (Å²) in [5, 5.41) is 3.51. The number of rotatable bonds is 2. The van der Waals surface area contributed by atoms with Crippen molar-refractivity contribution in [1.82, 2.24) is 9.97 Å². The van der Waals surface area contributed by atoms with E-state index in [4.69, 9.17) is 5.73 Å². The Morgan fingerprint density at radius 2 is 1.83 bits per heavy atom. The van der Waals surface area contributed by atoms with Gasteiger partial charge in [0.15, 0.2) is 0 Å². The molecule has 0 spiro atoms. The number of hydrogen-bond acceptors (Lipinski definition) is 4. The molecule has 1 saturated carbocycles. The first-order chi connectivity index (χ1) is 8.45. The highest BCUT2D eigenvalue weighted by Crippen LogP contribution is 2.24. The first-order valence-electron chi connectivity index (χ1n) is 6.80. The molecule has 0 aliphatic heterocycles. The maximum absolute atomic E-state index is 5.92. The van der Waals surface area contributed by atoms with E-state index in [2.05, 4.69) is 42.1 Å². The maximum atomic E-state index is 5.92. The van der Waals surface area contributed by atoms with Gasteiger partial charge in [-0.2, -0.15) is 0 Å². The van der Waals surface area contributed by atoms with E-state index < -0.39 is 0 Å². The number of hydrogen-bond donors (Lipinski definition) is 2. The highest BCUT2D eigenvalue weighted by atomic mass is 15.0. The summed E-state index contributed by atoms with van der Waals surface area (Å²) in [5.41, 5.74) is 7.06. The Labute approximate surface area is 109 Å². The summed E-state index contributed by atoms with van der Waals surface area (Å²) >= 11 is 0. The van der Waals surface area contributed by atoms with Crippen molar-refractivity contribution in [3.05, 3.63) is 18.1 Å². The Hall–Kier alpha value is -1.16. The summed E-state index contributed by atoms with van der Waals surface area (Å²) in [4.78, 5) is 8.66. The number of aromatic nitrogens is 2. The van der Waals surface area contributed by atoms with Gasteiger partial charge in [-0.1, -0.05) is 20.8 Å². The number of anilines is 1. The van der Waals surface area contributed by atoms with E-state index in [1.165, 1.54) is 0 Å². The monoisotopic (exact) mass is 248 g/mol. The molecule has 3 N–H and O–H groups in total. The predicted molar refractivity (Wildman–Crippen MR) is 74.6 cm³/mol. The van der Waals surface area contributed by atoms with Gasteiger partial charge < -0.3 is 11.1 Å². The SMILES string of the molecule is CC(C)(C)c1cc(N[C@H]2CC[C@H](N)CC2)ncn1. The minimum Gasteiger partial charge on any atom is -0.367 e. The van der Waals surface area contributed by atoms with Crippen LogP contribution in [0.5, 0.6) is 0 Å². The summed E-state index contributed by atoms with van der Waals surface area (Å²) < 4.78 is 0. The zero-order valence-electron chi connectivity index (χ0n) is 11.6. The lowest BCUT2D eigenvalue weighted by molar-refractivity contribution is 0.410. The minimum absolute atomic E-state index is 0.0638. The zero-order valence-corrected chi connectivity index (χ0v) is 11.6. The molecule has 0 atom stereocenters. The van der Waals surface area contributed by atoms with Crippen molar-refractivity contribution in [3.8, 4) is 0 Å². The molecule has 100 valence electrons. The molecule has 0 aromatic carbocycles. The molecule has 1 aliphatic rings. The summed E-state index contributed by atoms with van der Waals surface area (Å²) in [5.74, 6) is 0.940. The van der Waals surface area contributed by atoms with Crippen LogP contribution in [-0.4, -0.2) is 22.1 Å². The molecule has 0 bridgehead atoms. The molecule has 1 fully saturated rings. The zero-order chi connectivity index (χ0) is 13.2. The van der Waals surface area contributed by atoms with E-state index in [1.54, 1.807) is 6.33 Å². The van der Waals surface area contributed by atoms with Crippen LogP contribution in [0.25, 0.3) is 0 Å². The fraction of sp³-hybridized carbons (Fsp3) is 0.714. The van der Waals surface area contributed by atoms with Crippen LogP contribution in [-0.2, 0) is 5.41 Å². The number of nitrogens with two attached hydrogens (primary N) is 1. The molecule has 1 heterocycles. The lowest BCUT2D eigenvalue weighted by Crippen LogP contribution is -2.33. The van der Waals surface area contributed by atoms with Crippen molar-refractivity contribution >= 4 is 5.82 Å². The Morgan fingerprint density at radius 3 is 2.44 bits per heavy atom. The van der Waals surface area contributed by atoms with E-state index in [1.807, 2.05) is 0 Å². The highest BCUT2D eigenvalue weighted by Gasteiger charge is 2.20. The Bertz CT molecular complexity index is 389. The van der Waals surface area contributed by atoms with Gasteiger partial charge in [0, 0.05) is 23.6 Å². The molecular weight excluding hydrogens is 224 g/mol. The van der Waals surface area contributed by atoms with Gasteiger partial charge in [-0.05, 0) is 25.7 Å². The van der Waals surface area contributed by atoms with Crippen molar-refractivity contribution in [2.75, 3.05) is 5.32 Å². The molecule has 4 heteroatoms. The Morgan fingerprint density at radius 1 is 1.17 bits per heavy atom. The molecule has 1 aromatic heterocycles. The van der Waals surface area contributed by atoms with Crippen molar-refractivity contribution in [2.45, 2.75) is 64.0 Å². The summed E-state index contributed by atoms with van der Waals surface area (Å²) in [7, 11) is 0. The van der Waals surface area contributed by atoms with Crippen molar-refractivity contribution in [1.29, 1.82) is 0 Å². The van der Waals surface area contributed by atoms with Crippen LogP contribution in [0, 0.1) is 0 Å². The van der Waals surface area contributed by atoms with E-state index in [0.29, 0.717) is 12.1 Å². The van der Waals surface area contributed by atoms with E-state index in [0.717, 1.165) is 37.2 Å². The standard InChI is InChI=1S/C14H24N4/c1-14(2,3)12-8-13(17-9-16-12)18-11-6-4-10(15)5-7-11/h8-11H,4-7,15H2,1-3H3,(H,16,17,18)/t10-,11-. The molecule has 1 aromatic rings. The van der Waals surface area contributed by atoms with Crippen LogP contribution in [0.4, 0.5) is 5.82 Å². The normalized spacial score (nSPS) is 24.9. The fourth-order valence-corrected chi connectivity index (χ4v) is 2.32. The molecule has 1 aliphatic carbocycles. The average Bonchev–Trinajstić information content (AvgIpc) is 2.31. The summed E-state index contributed by atoms with van der Waals surface area (Å²) in [6.07, 6.45) is 6.13. The second-order valence-electron chi connectivity index (χ2n) is 6.29. The van der Waals surface area contributed by atoms with Crippen LogP contribution >= 0.6 is 0 Å². The van der Waals surface area contributed by atoms with Gasteiger partial charge in [-0.15, -0.1) is 0 Å². The van der Waals surface area contributed by atoms with Crippen LogP contribution in [0.15, 0.2) is 12.4 Å². The maximum Gasteiger partial charge on any atom is 0.129 e. The van der Waals surface area contributed by atoms with Gasteiger partial charge in [-0.3, -0.25) is 0 Å². The quantitative estimate of drug-likeness (QED) is 0.844. The van der Waals surface area contributed by atoms with Gasteiger partial charge in [0.05, 0.1) is 5.69 Å². The highest BCUT2D eigenvalue weighted by molar-refractivity contribution is 5.37. The third kappa shape index (κ3) is 3.42. The van der Waals surface area contributed by atoms with Crippen molar-refractivity contribution in [3.63, 3.8) is 0 Å².